The van der Waals surface area contributed by atoms with E-state index in [9.17, 15) is 37.9 Å². The van der Waals surface area contributed by atoms with E-state index >= 15 is 0 Å². The van der Waals surface area contributed by atoms with Crippen LogP contribution in [0.3, 0.4) is 0 Å². The Morgan fingerprint density at radius 2 is 0.857 bits per heavy atom. The van der Waals surface area contributed by atoms with Crippen molar-refractivity contribution in [3.8, 4) is 0 Å². The molecule has 0 radical (unpaired) electrons. The first kappa shape index (κ1) is 65.6. The van der Waals surface area contributed by atoms with Crippen LogP contribution in [0.15, 0.2) is 48.6 Å². The van der Waals surface area contributed by atoms with E-state index in [-0.39, 0.29) is 19.4 Å². The number of hydrogen-bond acceptors (Lipinski definition) is 11. The first-order valence-corrected chi connectivity index (χ1v) is 29.8. The molecule has 0 aromatic rings. The molecular weight excluding hydrogens is 909 g/mol. The molecule has 1 heterocycles. The molecule has 408 valence electrons. The highest BCUT2D eigenvalue weighted by molar-refractivity contribution is 7.85. The zero-order valence-corrected chi connectivity index (χ0v) is 44.9. The van der Waals surface area contributed by atoms with Gasteiger partial charge in [0.2, 0.25) is 0 Å². The fourth-order valence-corrected chi connectivity index (χ4v) is 9.19. The molecule has 0 aliphatic carbocycles. The number of carbonyl (C=O) groups excluding carboxylic acids is 2. The van der Waals surface area contributed by atoms with Gasteiger partial charge in [-0.3, -0.25) is 14.1 Å². The summed E-state index contributed by atoms with van der Waals surface area (Å²) < 4.78 is 54.4. The van der Waals surface area contributed by atoms with Gasteiger partial charge in [-0.2, -0.15) is 8.42 Å². The minimum atomic E-state index is -4.61. The molecular formula is C57H102O12S. The molecule has 1 saturated heterocycles. The summed E-state index contributed by atoms with van der Waals surface area (Å²) in [4.78, 5) is 25.6. The molecule has 0 amide bonds. The van der Waals surface area contributed by atoms with Crippen molar-refractivity contribution in [1.82, 2.24) is 0 Å². The normalized spacial score (nSPS) is 19.3. The second-order valence-corrected chi connectivity index (χ2v) is 21.1. The highest BCUT2D eigenvalue weighted by atomic mass is 32.2. The molecule has 0 aromatic carbocycles. The maximum absolute atomic E-state index is 12.9. The van der Waals surface area contributed by atoms with Crippen molar-refractivity contribution < 1.29 is 56.8 Å². The number of ether oxygens (including phenoxy) is 4. The maximum Gasteiger partial charge on any atom is 0.306 e. The van der Waals surface area contributed by atoms with Crippen LogP contribution in [-0.4, -0.2) is 96.0 Å². The van der Waals surface area contributed by atoms with E-state index in [1.165, 1.54) is 141 Å². The van der Waals surface area contributed by atoms with E-state index in [0.29, 0.717) is 12.8 Å². The van der Waals surface area contributed by atoms with Gasteiger partial charge in [0.15, 0.2) is 12.4 Å². The molecule has 0 bridgehead atoms. The maximum atomic E-state index is 12.9. The number of hydrogen-bond donors (Lipinski definition) is 4. The summed E-state index contributed by atoms with van der Waals surface area (Å²) in [6.45, 7) is 3.76. The minimum Gasteiger partial charge on any atom is -0.462 e. The van der Waals surface area contributed by atoms with Crippen LogP contribution < -0.4 is 0 Å². The highest BCUT2D eigenvalue weighted by Gasteiger charge is 2.46. The Kier molecular flexibility index (Phi) is 43.5. The van der Waals surface area contributed by atoms with Crippen molar-refractivity contribution in [3.05, 3.63) is 48.6 Å². The third-order valence-corrected chi connectivity index (χ3v) is 13.6. The Hall–Kier alpha value is -2.39. The predicted molar refractivity (Wildman–Crippen MR) is 284 cm³/mol. The quantitative estimate of drug-likeness (QED) is 0.0196. The van der Waals surface area contributed by atoms with Gasteiger partial charge in [0.1, 0.15) is 36.8 Å². The van der Waals surface area contributed by atoms with Crippen LogP contribution in [0.1, 0.15) is 245 Å². The van der Waals surface area contributed by atoms with Crippen molar-refractivity contribution in [3.63, 3.8) is 0 Å². The topological polar surface area (TPSA) is 186 Å². The zero-order chi connectivity index (χ0) is 51.2. The van der Waals surface area contributed by atoms with Crippen molar-refractivity contribution in [2.45, 2.75) is 282 Å². The highest BCUT2D eigenvalue weighted by Crippen LogP contribution is 2.24. The molecule has 1 rings (SSSR count). The molecule has 0 spiro atoms. The minimum absolute atomic E-state index is 0.161. The Bertz CT molecular complexity index is 1460. The smallest absolute Gasteiger partial charge is 0.306 e. The largest absolute Gasteiger partial charge is 0.462 e. The Morgan fingerprint density at radius 1 is 0.486 bits per heavy atom. The summed E-state index contributed by atoms with van der Waals surface area (Å²) >= 11 is 0. The third kappa shape index (κ3) is 40.1. The fraction of sp³-hybridized carbons (Fsp3) is 0.825. The van der Waals surface area contributed by atoms with Crippen molar-refractivity contribution in [2.24, 2.45) is 0 Å². The second kappa shape index (κ2) is 46.4. The molecule has 1 aliphatic rings. The molecule has 13 heteroatoms. The van der Waals surface area contributed by atoms with E-state index in [1.807, 2.05) is 0 Å². The number of unbranched alkanes of at least 4 members (excludes halogenated alkanes) is 28. The summed E-state index contributed by atoms with van der Waals surface area (Å²) in [5.74, 6) is -1.98. The summed E-state index contributed by atoms with van der Waals surface area (Å²) in [7, 11) is -4.61. The summed E-state index contributed by atoms with van der Waals surface area (Å²) in [6, 6.07) is 0. The zero-order valence-electron chi connectivity index (χ0n) is 44.1. The molecule has 6 atom stereocenters. The van der Waals surface area contributed by atoms with E-state index in [1.54, 1.807) is 0 Å². The molecule has 70 heavy (non-hydrogen) atoms. The SMILES string of the molecule is CCCCC/C=C\C/C=C\CCCCCCCCCCCC(=O)OCC(COC1OC(CS(=O)(=O)O)C(O)C(O)C1O)OC(=O)CCCCCCCCCCCCC/C=C\C/C=C\CCCCCCC. The second-order valence-electron chi connectivity index (χ2n) is 19.6. The van der Waals surface area contributed by atoms with Crippen LogP contribution in [0.25, 0.3) is 0 Å². The lowest BCUT2D eigenvalue weighted by molar-refractivity contribution is -0.297. The van der Waals surface area contributed by atoms with Crippen LogP contribution in [0.2, 0.25) is 0 Å². The Labute approximate surface area is 426 Å². The average Bonchev–Trinajstić information content (AvgIpc) is 3.33. The first-order valence-electron chi connectivity index (χ1n) is 28.2. The molecule has 0 aromatic heterocycles. The van der Waals surface area contributed by atoms with Crippen LogP contribution in [0, 0.1) is 0 Å². The molecule has 12 nitrogen and oxygen atoms in total. The molecule has 4 N–H and O–H groups in total. The van der Waals surface area contributed by atoms with Crippen LogP contribution in [0.4, 0.5) is 0 Å². The van der Waals surface area contributed by atoms with Crippen LogP contribution in [-0.2, 0) is 38.7 Å². The lowest BCUT2D eigenvalue weighted by atomic mass is 10.00. The monoisotopic (exact) mass is 1010 g/mol. The predicted octanol–water partition coefficient (Wildman–Crippen LogP) is 13.5. The Balaban J connectivity index is 2.33. The van der Waals surface area contributed by atoms with Crippen molar-refractivity contribution >= 4 is 22.1 Å². The number of aliphatic hydroxyl groups excluding tert-OH is 3. The van der Waals surface area contributed by atoms with Gasteiger partial charge in [0.05, 0.1) is 6.61 Å². The van der Waals surface area contributed by atoms with Gasteiger partial charge in [0.25, 0.3) is 10.1 Å². The third-order valence-electron chi connectivity index (χ3n) is 12.9. The van der Waals surface area contributed by atoms with Crippen LogP contribution >= 0.6 is 0 Å². The van der Waals surface area contributed by atoms with Gasteiger partial charge >= 0.3 is 11.9 Å². The van der Waals surface area contributed by atoms with Gasteiger partial charge in [-0.25, -0.2) is 0 Å². The van der Waals surface area contributed by atoms with Gasteiger partial charge in [0, 0.05) is 12.8 Å². The van der Waals surface area contributed by atoms with Crippen LogP contribution in [0.5, 0.6) is 0 Å². The van der Waals surface area contributed by atoms with Crippen molar-refractivity contribution in [2.75, 3.05) is 19.0 Å². The van der Waals surface area contributed by atoms with Gasteiger partial charge < -0.3 is 34.3 Å². The summed E-state index contributed by atoms with van der Waals surface area (Å²) in [5, 5.41) is 31.0. The van der Waals surface area contributed by atoms with E-state index in [4.69, 9.17) is 18.9 Å². The number of aliphatic hydroxyl groups is 3. The fourth-order valence-electron chi connectivity index (χ4n) is 8.50. The molecule has 1 aliphatic heterocycles. The number of carbonyl (C=O) groups is 2. The van der Waals surface area contributed by atoms with E-state index in [0.717, 1.165) is 64.2 Å². The summed E-state index contributed by atoms with van der Waals surface area (Å²) in [5.41, 5.74) is 0. The standard InChI is InChI=1S/C57H102O12S/c1-3-5-7-9-11-13-15-17-19-21-23-24-25-26-28-30-32-34-36-38-40-42-44-46-53(59)68-50(48-67-57-56(62)55(61)54(60)51(69-57)49-70(63,64)65)47-66-52(58)45-43-41-39-37-35-33-31-29-27-22-20-18-16-14-12-10-8-6-4-2/h12,14-15,17-18,20-21,23,50-51,54-57,60-62H,3-11,13,16,19,22,24-49H2,1-2H3,(H,63,64,65)/b14-12-,17-15-,20-18-,23-21-. The van der Waals surface area contributed by atoms with Gasteiger partial charge in [-0.1, -0.05) is 204 Å². The average molecular weight is 1010 g/mol. The number of allylic oxidation sites excluding steroid dienone is 8. The van der Waals surface area contributed by atoms with E-state index in [2.05, 4.69) is 62.5 Å². The van der Waals surface area contributed by atoms with Gasteiger partial charge in [-0.15, -0.1) is 0 Å². The lowest BCUT2D eigenvalue weighted by Gasteiger charge is -2.40. The Morgan fingerprint density at radius 3 is 1.29 bits per heavy atom. The first-order chi connectivity index (χ1) is 34.0. The molecule has 1 fully saturated rings. The molecule has 0 saturated carbocycles. The summed E-state index contributed by atoms with van der Waals surface area (Å²) in [6.07, 6.45) is 48.6. The number of rotatable bonds is 48. The lowest BCUT2D eigenvalue weighted by Crippen LogP contribution is -2.60. The molecule has 6 unspecified atom stereocenters. The number of esters is 2. The van der Waals surface area contributed by atoms with Gasteiger partial charge in [-0.05, 0) is 77.0 Å². The van der Waals surface area contributed by atoms with Crippen molar-refractivity contribution in [1.29, 1.82) is 0 Å². The van der Waals surface area contributed by atoms with E-state index < -0.39 is 71.2 Å².